The molecule has 124 valence electrons. The molecule has 2 rings (SSSR count). The molecule has 0 radical (unpaired) electrons. The Morgan fingerprint density at radius 2 is 2.04 bits per heavy atom. The minimum Gasteiger partial charge on any atom is -0.326 e. The lowest BCUT2D eigenvalue weighted by Crippen LogP contribution is -2.38. The second-order valence-electron chi connectivity index (χ2n) is 5.56. The number of carbonyl (C=O) groups excluding carboxylic acids is 3. The summed E-state index contributed by atoms with van der Waals surface area (Å²) in [6.45, 7) is 3.68. The minimum absolute atomic E-state index is 0.270. The van der Waals surface area contributed by atoms with E-state index in [1.807, 2.05) is 32.2 Å². The third-order valence-electron chi connectivity index (χ3n) is 3.81. The number of anilines is 1. The van der Waals surface area contributed by atoms with Crippen molar-refractivity contribution in [3.05, 3.63) is 29.3 Å². The Balaban J connectivity index is 1.95. The Morgan fingerprint density at radius 1 is 1.30 bits per heavy atom. The van der Waals surface area contributed by atoms with Crippen molar-refractivity contribution in [3.63, 3.8) is 0 Å². The van der Waals surface area contributed by atoms with Gasteiger partial charge in [0.05, 0.1) is 0 Å². The van der Waals surface area contributed by atoms with E-state index in [4.69, 9.17) is 0 Å². The molecule has 1 aromatic rings. The summed E-state index contributed by atoms with van der Waals surface area (Å²) in [4.78, 5) is 37.1. The number of nitrogens with zero attached hydrogens (tertiary/aromatic N) is 1. The van der Waals surface area contributed by atoms with Gasteiger partial charge in [-0.2, -0.15) is 11.8 Å². The molecule has 0 bridgehead atoms. The molecule has 0 aliphatic carbocycles. The fourth-order valence-electron chi connectivity index (χ4n) is 2.32. The molecule has 4 amide bonds. The average Bonchev–Trinajstić information content (AvgIpc) is 2.76. The van der Waals surface area contributed by atoms with Crippen LogP contribution in [-0.4, -0.2) is 47.3 Å². The summed E-state index contributed by atoms with van der Waals surface area (Å²) >= 11 is 1.61. The Labute approximate surface area is 140 Å². The van der Waals surface area contributed by atoms with E-state index >= 15 is 0 Å². The summed E-state index contributed by atoms with van der Waals surface area (Å²) in [6, 6.07) is 4.55. The van der Waals surface area contributed by atoms with Crippen LogP contribution in [0.25, 0.3) is 0 Å². The van der Waals surface area contributed by atoms with Crippen molar-refractivity contribution < 1.29 is 14.4 Å². The smallest absolute Gasteiger partial charge is 0.325 e. The molecular formula is C16H21N3O3S. The molecule has 1 aromatic carbocycles. The van der Waals surface area contributed by atoms with Gasteiger partial charge in [0.2, 0.25) is 5.91 Å². The van der Waals surface area contributed by atoms with E-state index in [0.29, 0.717) is 12.1 Å². The zero-order valence-corrected chi connectivity index (χ0v) is 14.3. The Kier molecular flexibility index (Phi) is 5.65. The lowest BCUT2D eigenvalue weighted by Gasteiger charge is -2.13. The maximum absolute atomic E-state index is 12.2. The monoisotopic (exact) mass is 335 g/mol. The van der Waals surface area contributed by atoms with Crippen molar-refractivity contribution in [1.82, 2.24) is 10.2 Å². The summed E-state index contributed by atoms with van der Waals surface area (Å²) in [5.41, 5.74) is 2.85. The van der Waals surface area contributed by atoms with Gasteiger partial charge in [0.15, 0.2) is 0 Å². The van der Waals surface area contributed by atoms with Gasteiger partial charge in [0, 0.05) is 5.69 Å². The van der Waals surface area contributed by atoms with Gasteiger partial charge in [0.1, 0.15) is 12.6 Å². The van der Waals surface area contributed by atoms with E-state index in [1.165, 1.54) is 0 Å². The first-order chi connectivity index (χ1) is 10.9. The summed E-state index contributed by atoms with van der Waals surface area (Å²) in [7, 11) is 0. The second-order valence-corrected chi connectivity index (χ2v) is 6.54. The van der Waals surface area contributed by atoms with E-state index in [-0.39, 0.29) is 18.4 Å². The minimum atomic E-state index is -0.524. The lowest BCUT2D eigenvalue weighted by atomic mass is 10.1. The molecule has 1 aliphatic rings. The van der Waals surface area contributed by atoms with Crippen molar-refractivity contribution in [2.75, 3.05) is 23.9 Å². The summed E-state index contributed by atoms with van der Waals surface area (Å²) in [6.07, 6.45) is 2.51. The number of imide groups is 1. The maximum atomic E-state index is 12.2. The average molecular weight is 335 g/mol. The lowest BCUT2D eigenvalue weighted by molar-refractivity contribution is -0.130. The molecule has 2 N–H and O–H groups in total. The molecule has 7 heteroatoms. The SMILES string of the molecule is CSCC[C@H]1NC(=O)N(CC(=O)Nc2ccc(C)c(C)c2)C1=O. The molecule has 0 saturated carbocycles. The summed E-state index contributed by atoms with van der Waals surface area (Å²) in [5.74, 6) is 0.0564. The van der Waals surface area contributed by atoms with E-state index in [9.17, 15) is 14.4 Å². The van der Waals surface area contributed by atoms with Crippen LogP contribution in [0.2, 0.25) is 0 Å². The first-order valence-corrected chi connectivity index (χ1v) is 8.79. The van der Waals surface area contributed by atoms with Crippen molar-refractivity contribution in [2.45, 2.75) is 26.3 Å². The predicted molar refractivity (Wildman–Crippen MR) is 91.6 cm³/mol. The molecule has 1 fully saturated rings. The van der Waals surface area contributed by atoms with Gasteiger partial charge >= 0.3 is 6.03 Å². The van der Waals surface area contributed by atoms with Gasteiger partial charge in [-0.15, -0.1) is 0 Å². The number of amides is 4. The normalized spacial score (nSPS) is 17.3. The quantitative estimate of drug-likeness (QED) is 0.779. The number of urea groups is 1. The number of rotatable bonds is 6. The fraction of sp³-hybridized carbons (Fsp3) is 0.438. The molecule has 1 atom stereocenters. The number of hydrogen-bond donors (Lipinski definition) is 2. The molecule has 23 heavy (non-hydrogen) atoms. The number of benzene rings is 1. The largest absolute Gasteiger partial charge is 0.326 e. The number of hydrogen-bond acceptors (Lipinski definition) is 4. The van der Waals surface area contributed by atoms with Crippen molar-refractivity contribution in [2.24, 2.45) is 0 Å². The standard InChI is InChI=1S/C16H21N3O3S/c1-10-4-5-12(8-11(10)2)17-14(20)9-19-15(21)13(6-7-23-3)18-16(19)22/h4-5,8,13H,6-7,9H2,1-3H3,(H,17,20)(H,18,22)/t13-/m1/s1. The molecule has 0 spiro atoms. The van der Waals surface area contributed by atoms with E-state index in [0.717, 1.165) is 21.8 Å². The van der Waals surface area contributed by atoms with Gasteiger partial charge < -0.3 is 10.6 Å². The van der Waals surface area contributed by atoms with Crippen LogP contribution in [0.3, 0.4) is 0 Å². The van der Waals surface area contributed by atoms with Crippen LogP contribution in [-0.2, 0) is 9.59 Å². The van der Waals surface area contributed by atoms with Gasteiger partial charge in [-0.25, -0.2) is 4.79 Å². The van der Waals surface area contributed by atoms with Crippen molar-refractivity contribution in [3.8, 4) is 0 Å². The molecule has 1 heterocycles. The number of carbonyl (C=O) groups is 3. The Hall–Kier alpha value is -2.02. The van der Waals surface area contributed by atoms with Crippen LogP contribution in [0, 0.1) is 13.8 Å². The van der Waals surface area contributed by atoms with Crippen LogP contribution in [0.1, 0.15) is 17.5 Å². The first-order valence-electron chi connectivity index (χ1n) is 7.40. The van der Waals surface area contributed by atoms with Crippen LogP contribution in [0.15, 0.2) is 18.2 Å². The summed E-state index contributed by atoms with van der Waals surface area (Å²) < 4.78 is 0. The van der Waals surface area contributed by atoms with Crippen LogP contribution < -0.4 is 10.6 Å². The third-order valence-corrected chi connectivity index (χ3v) is 4.45. The van der Waals surface area contributed by atoms with Gasteiger partial charge in [-0.1, -0.05) is 6.07 Å². The topological polar surface area (TPSA) is 78.5 Å². The van der Waals surface area contributed by atoms with Gasteiger partial charge in [0.25, 0.3) is 5.91 Å². The van der Waals surface area contributed by atoms with Crippen molar-refractivity contribution >= 4 is 35.3 Å². The zero-order chi connectivity index (χ0) is 17.0. The number of thioether (sulfide) groups is 1. The van der Waals surface area contributed by atoms with E-state index in [2.05, 4.69) is 10.6 Å². The highest BCUT2D eigenvalue weighted by molar-refractivity contribution is 7.98. The predicted octanol–water partition coefficient (Wildman–Crippen LogP) is 1.92. The van der Waals surface area contributed by atoms with Crippen LogP contribution in [0.4, 0.5) is 10.5 Å². The molecule has 6 nitrogen and oxygen atoms in total. The molecular weight excluding hydrogens is 314 g/mol. The number of nitrogens with one attached hydrogen (secondary N) is 2. The van der Waals surface area contributed by atoms with Crippen molar-refractivity contribution in [1.29, 1.82) is 0 Å². The van der Waals surface area contributed by atoms with Crippen LogP contribution in [0.5, 0.6) is 0 Å². The first kappa shape index (κ1) is 17.3. The van der Waals surface area contributed by atoms with E-state index in [1.54, 1.807) is 17.8 Å². The second kappa shape index (κ2) is 7.50. The van der Waals surface area contributed by atoms with Gasteiger partial charge in [-0.3, -0.25) is 14.5 Å². The molecule has 0 aromatic heterocycles. The van der Waals surface area contributed by atoms with Crippen LogP contribution >= 0.6 is 11.8 Å². The molecule has 1 saturated heterocycles. The molecule has 0 unspecified atom stereocenters. The highest BCUT2D eigenvalue weighted by Gasteiger charge is 2.38. The maximum Gasteiger partial charge on any atom is 0.325 e. The van der Waals surface area contributed by atoms with E-state index < -0.39 is 12.1 Å². The molecule has 1 aliphatic heterocycles. The Bertz CT molecular complexity index is 633. The summed E-state index contributed by atoms with van der Waals surface area (Å²) in [5, 5.41) is 5.34. The zero-order valence-electron chi connectivity index (χ0n) is 13.5. The number of aryl methyl sites for hydroxylation is 2. The Morgan fingerprint density at radius 3 is 2.70 bits per heavy atom. The highest BCUT2D eigenvalue weighted by Crippen LogP contribution is 2.15. The fourth-order valence-corrected chi connectivity index (χ4v) is 2.79. The highest BCUT2D eigenvalue weighted by atomic mass is 32.2. The van der Waals surface area contributed by atoms with Gasteiger partial charge in [-0.05, 0) is 55.5 Å². The third kappa shape index (κ3) is 4.25.